The molecule has 40 heavy (non-hydrogen) atoms. The zero-order valence-electron chi connectivity index (χ0n) is 22.8. The number of hydrogen-bond acceptors (Lipinski definition) is 16. The molecule has 1 saturated carbocycles. The first kappa shape index (κ1) is 32.3. The van der Waals surface area contributed by atoms with Gasteiger partial charge < -0.3 is 82.8 Å². The Morgan fingerprint density at radius 1 is 0.825 bits per heavy atom. The van der Waals surface area contributed by atoms with Crippen molar-refractivity contribution in [2.24, 2.45) is 22.9 Å². The number of ether oxygens (including phenoxy) is 5. The molecule has 15 N–H and O–H groups in total. The van der Waals surface area contributed by atoms with E-state index in [-0.39, 0.29) is 12.5 Å². The van der Waals surface area contributed by atoms with E-state index in [2.05, 4.69) is 10.6 Å². The Kier molecular flexibility index (Phi) is 11.5. The first-order chi connectivity index (χ1) is 19.1. The number of rotatable bonds is 10. The van der Waals surface area contributed by atoms with E-state index in [1.165, 1.54) is 0 Å². The zero-order valence-corrected chi connectivity index (χ0v) is 22.8. The van der Waals surface area contributed by atoms with Gasteiger partial charge in [0.15, 0.2) is 18.9 Å². The standard InChI is InChI=1S/C24H48N6O10/c1-29-16-18(34)21-13(7-11(28)22(39-21)38-20-10(27)5-9(26)6-12(20)32)36-23(16)40-24-19(35)17(33)15(14(8-31)37-24)30-4-2-3-25/h9-24,29-35H,2-8,25-28H2,1H3/t9-,10?,11?,12-,13+,14?,15-,16?,17?,18?,19?,20-,21?,22+,23?,24-/m1/s1. The lowest BCUT2D eigenvalue weighted by molar-refractivity contribution is -0.373. The van der Waals surface area contributed by atoms with E-state index in [4.69, 9.17) is 46.6 Å². The highest BCUT2D eigenvalue weighted by atomic mass is 16.8. The summed E-state index contributed by atoms with van der Waals surface area (Å²) in [5, 5.41) is 59.1. The van der Waals surface area contributed by atoms with Crippen LogP contribution in [0, 0.1) is 0 Å². The summed E-state index contributed by atoms with van der Waals surface area (Å²) in [6, 6.07) is -2.98. The third-order valence-electron chi connectivity index (χ3n) is 8.28. The van der Waals surface area contributed by atoms with Gasteiger partial charge >= 0.3 is 0 Å². The van der Waals surface area contributed by atoms with Gasteiger partial charge in [0.1, 0.15) is 36.6 Å². The summed E-state index contributed by atoms with van der Waals surface area (Å²) in [5.74, 6) is 0. The van der Waals surface area contributed by atoms with Crippen LogP contribution in [0.15, 0.2) is 0 Å². The predicted molar refractivity (Wildman–Crippen MR) is 139 cm³/mol. The van der Waals surface area contributed by atoms with Gasteiger partial charge in [-0.2, -0.15) is 0 Å². The fourth-order valence-corrected chi connectivity index (χ4v) is 6.08. The van der Waals surface area contributed by atoms with Crippen LogP contribution in [0.3, 0.4) is 0 Å². The smallest absolute Gasteiger partial charge is 0.189 e. The van der Waals surface area contributed by atoms with Crippen LogP contribution in [0.2, 0.25) is 0 Å². The molecular formula is C24H48N6O10. The Hall–Kier alpha value is -0.640. The van der Waals surface area contributed by atoms with Gasteiger partial charge in [0.2, 0.25) is 0 Å². The van der Waals surface area contributed by atoms with Crippen molar-refractivity contribution < 1.29 is 49.2 Å². The predicted octanol–water partition coefficient (Wildman–Crippen LogP) is -5.94. The lowest BCUT2D eigenvalue weighted by Gasteiger charge is -2.51. The number of aliphatic hydroxyl groups excluding tert-OH is 5. The number of hydrogen-bond donors (Lipinski definition) is 11. The molecule has 3 heterocycles. The minimum absolute atomic E-state index is 0.226. The molecule has 1 aliphatic carbocycles. The van der Waals surface area contributed by atoms with Crippen LogP contribution in [0.5, 0.6) is 0 Å². The van der Waals surface area contributed by atoms with Gasteiger partial charge in [-0.25, -0.2) is 0 Å². The highest BCUT2D eigenvalue weighted by molar-refractivity contribution is 5.00. The quantitative estimate of drug-likeness (QED) is 0.107. The summed E-state index contributed by atoms with van der Waals surface area (Å²) in [6.45, 7) is 0.464. The monoisotopic (exact) mass is 580 g/mol. The van der Waals surface area contributed by atoms with Crippen LogP contribution in [0.1, 0.15) is 25.7 Å². The Morgan fingerprint density at radius 2 is 1.57 bits per heavy atom. The largest absolute Gasteiger partial charge is 0.394 e. The Morgan fingerprint density at radius 3 is 2.23 bits per heavy atom. The van der Waals surface area contributed by atoms with Crippen molar-refractivity contribution in [2.45, 2.75) is 124 Å². The molecule has 0 spiro atoms. The first-order valence-corrected chi connectivity index (χ1v) is 14.1. The maximum Gasteiger partial charge on any atom is 0.189 e. The van der Waals surface area contributed by atoms with E-state index in [0.717, 1.165) is 0 Å². The lowest BCUT2D eigenvalue weighted by atomic mass is 9.86. The third-order valence-corrected chi connectivity index (χ3v) is 8.28. The minimum atomic E-state index is -1.48. The Balaban J connectivity index is 1.40. The molecule has 4 aliphatic rings. The summed E-state index contributed by atoms with van der Waals surface area (Å²) in [4.78, 5) is 0. The summed E-state index contributed by atoms with van der Waals surface area (Å²) in [6.07, 6.45) is -9.76. The SMILES string of the molecule is CNC1C(O[C@H]2OC(CO)[C@@H](NCCCN)C(O)C2O)O[C@H]2CC(N)[C@@H](O[C@@H]3C(N)C[C@@H](N)C[C@H]3O)OC2C1O. The molecule has 16 nitrogen and oxygen atoms in total. The second-order valence-electron chi connectivity index (χ2n) is 11.2. The van der Waals surface area contributed by atoms with Crippen molar-refractivity contribution in [3.8, 4) is 0 Å². The van der Waals surface area contributed by atoms with E-state index < -0.39 is 98.5 Å². The highest BCUT2D eigenvalue weighted by Crippen LogP contribution is 2.35. The van der Waals surface area contributed by atoms with Crippen molar-refractivity contribution in [3.63, 3.8) is 0 Å². The molecule has 0 aromatic heterocycles. The first-order valence-electron chi connectivity index (χ1n) is 14.1. The molecule has 3 aliphatic heterocycles. The molecule has 16 atom stereocenters. The van der Waals surface area contributed by atoms with Gasteiger partial charge in [-0.15, -0.1) is 0 Å². The van der Waals surface area contributed by atoms with Crippen molar-refractivity contribution in [2.75, 3.05) is 26.7 Å². The van der Waals surface area contributed by atoms with E-state index in [1.807, 2.05) is 0 Å². The number of aliphatic hydroxyl groups is 5. The lowest BCUT2D eigenvalue weighted by Crippen LogP contribution is -2.70. The molecule has 9 unspecified atom stereocenters. The van der Waals surface area contributed by atoms with Gasteiger partial charge in [-0.05, 0) is 45.8 Å². The fraction of sp³-hybridized carbons (Fsp3) is 1.00. The third kappa shape index (κ3) is 6.94. The molecule has 234 valence electrons. The van der Waals surface area contributed by atoms with Crippen LogP contribution in [-0.2, 0) is 23.7 Å². The molecule has 16 heteroatoms. The number of nitrogens with one attached hydrogen (secondary N) is 2. The normalized spacial score (nSPS) is 50.0. The van der Waals surface area contributed by atoms with Crippen LogP contribution < -0.4 is 33.6 Å². The maximum absolute atomic E-state index is 11.2. The van der Waals surface area contributed by atoms with Crippen LogP contribution in [-0.4, -0.2) is 150 Å². The fourth-order valence-electron chi connectivity index (χ4n) is 6.08. The summed E-state index contributed by atoms with van der Waals surface area (Å²) < 4.78 is 29.9. The van der Waals surface area contributed by atoms with E-state index >= 15 is 0 Å². The average molecular weight is 581 g/mol. The Labute approximate surface area is 233 Å². The summed E-state index contributed by atoms with van der Waals surface area (Å²) in [7, 11) is 1.60. The van der Waals surface area contributed by atoms with Crippen molar-refractivity contribution in [3.05, 3.63) is 0 Å². The molecule has 4 fully saturated rings. The second kappa shape index (κ2) is 14.2. The van der Waals surface area contributed by atoms with Crippen molar-refractivity contribution in [1.29, 1.82) is 0 Å². The van der Waals surface area contributed by atoms with Crippen LogP contribution in [0.4, 0.5) is 0 Å². The van der Waals surface area contributed by atoms with Gasteiger partial charge in [0, 0.05) is 12.1 Å². The number of nitrogens with two attached hydrogens (primary N) is 4. The van der Waals surface area contributed by atoms with Gasteiger partial charge in [-0.1, -0.05) is 0 Å². The van der Waals surface area contributed by atoms with Crippen LogP contribution >= 0.6 is 0 Å². The number of likely N-dealkylation sites (N-methyl/N-ethyl adjacent to an activating group) is 1. The molecule has 0 aromatic rings. The molecule has 0 bridgehead atoms. The molecule has 3 saturated heterocycles. The maximum atomic E-state index is 11.2. The van der Waals surface area contributed by atoms with E-state index in [9.17, 15) is 25.5 Å². The van der Waals surface area contributed by atoms with Crippen LogP contribution in [0.25, 0.3) is 0 Å². The van der Waals surface area contributed by atoms with Gasteiger partial charge in [-0.3, -0.25) is 0 Å². The molecular weight excluding hydrogens is 532 g/mol. The van der Waals surface area contributed by atoms with Gasteiger partial charge in [0.05, 0.1) is 36.9 Å². The molecule has 0 radical (unpaired) electrons. The second-order valence-corrected chi connectivity index (χ2v) is 11.2. The topological polar surface area (TPSA) is 275 Å². The molecule has 4 rings (SSSR count). The molecule has 0 amide bonds. The van der Waals surface area contributed by atoms with Crippen molar-refractivity contribution >= 4 is 0 Å². The summed E-state index contributed by atoms with van der Waals surface area (Å²) in [5.41, 5.74) is 24.0. The number of fused-ring (bicyclic) bond motifs is 1. The highest BCUT2D eigenvalue weighted by Gasteiger charge is 2.54. The molecule has 0 aromatic carbocycles. The zero-order chi connectivity index (χ0) is 29.1. The van der Waals surface area contributed by atoms with E-state index in [0.29, 0.717) is 32.4 Å². The van der Waals surface area contributed by atoms with Crippen molar-refractivity contribution in [1.82, 2.24) is 10.6 Å². The average Bonchev–Trinajstić information content (AvgIpc) is 2.90. The minimum Gasteiger partial charge on any atom is -0.394 e. The van der Waals surface area contributed by atoms with Gasteiger partial charge in [0.25, 0.3) is 0 Å². The summed E-state index contributed by atoms with van der Waals surface area (Å²) >= 11 is 0. The van der Waals surface area contributed by atoms with E-state index in [1.54, 1.807) is 7.05 Å². The Bertz CT molecular complexity index is 776.